The summed E-state index contributed by atoms with van der Waals surface area (Å²) in [6, 6.07) is 0. The predicted molar refractivity (Wildman–Crippen MR) is 62.5 cm³/mol. The van der Waals surface area contributed by atoms with Crippen molar-refractivity contribution in [1.29, 1.82) is 0 Å². The zero-order valence-corrected chi connectivity index (χ0v) is 10.7. The van der Waals surface area contributed by atoms with Gasteiger partial charge in [0.2, 0.25) is 5.91 Å². The van der Waals surface area contributed by atoms with Crippen molar-refractivity contribution in [3.05, 3.63) is 0 Å². The smallest absolute Gasteiger partial charge is 0.309 e. The summed E-state index contributed by atoms with van der Waals surface area (Å²) in [7, 11) is 2.85. The summed E-state index contributed by atoms with van der Waals surface area (Å²) in [6.45, 7) is 1.89. The molecule has 0 aromatic heterocycles. The van der Waals surface area contributed by atoms with Crippen molar-refractivity contribution in [2.75, 3.05) is 33.9 Å². The van der Waals surface area contributed by atoms with E-state index in [0.717, 1.165) is 0 Å². The molecule has 18 heavy (non-hydrogen) atoms. The van der Waals surface area contributed by atoms with Crippen LogP contribution >= 0.6 is 0 Å². The molecule has 0 aromatic rings. The average Bonchev–Trinajstić information content (AvgIpc) is 2.35. The molecule has 0 aliphatic carbocycles. The second kappa shape index (κ2) is 9.37. The van der Waals surface area contributed by atoms with Crippen molar-refractivity contribution in [3.8, 4) is 0 Å². The minimum Gasteiger partial charge on any atom is -0.355 e. The first-order valence-electron chi connectivity index (χ1n) is 5.37. The summed E-state index contributed by atoms with van der Waals surface area (Å²) in [6.07, 6.45) is -0.596. The molecule has 0 aromatic carbocycles. The van der Waals surface area contributed by atoms with E-state index >= 15 is 0 Å². The quantitative estimate of drug-likeness (QED) is 0.278. The first-order chi connectivity index (χ1) is 8.51. The standard InChI is InChI=1S/C10H19N3O5/c1-7(14)11-4-5-12-9(15)10(16)13-6-8(17-2)18-3/h8H,4-6H2,1-3H3,(H,11,14)(H,12,15)(H,13,16). The van der Waals surface area contributed by atoms with Gasteiger partial charge < -0.3 is 25.4 Å². The van der Waals surface area contributed by atoms with Crippen molar-refractivity contribution in [2.24, 2.45) is 0 Å². The van der Waals surface area contributed by atoms with Crippen molar-refractivity contribution in [2.45, 2.75) is 13.2 Å². The molecular formula is C10H19N3O5. The second-order valence-electron chi connectivity index (χ2n) is 3.35. The van der Waals surface area contributed by atoms with Crippen molar-refractivity contribution < 1.29 is 23.9 Å². The fourth-order valence-corrected chi connectivity index (χ4v) is 1.01. The Kier molecular flexibility index (Phi) is 8.50. The number of rotatable bonds is 7. The number of hydrogen-bond donors (Lipinski definition) is 3. The molecule has 3 amide bonds. The van der Waals surface area contributed by atoms with E-state index < -0.39 is 18.1 Å². The van der Waals surface area contributed by atoms with Crippen molar-refractivity contribution in [1.82, 2.24) is 16.0 Å². The van der Waals surface area contributed by atoms with Gasteiger partial charge in [-0.2, -0.15) is 0 Å². The lowest BCUT2D eigenvalue weighted by molar-refractivity contribution is -0.141. The summed E-state index contributed by atoms with van der Waals surface area (Å²) in [5.41, 5.74) is 0. The number of methoxy groups -OCH3 is 2. The molecule has 0 heterocycles. The number of hydrogen-bond acceptors (Lipinski definition) is 5. The predicted octanol–water partition coefficient (Wildman–Crippen LogP) is -2.03. The van der Waals surface area contributed by atoms with Gasteiger partial charge in [-0.3, -0.25) is 14.4 Å². The largest absolute Gasteiger partial charge is 0.355 e. The third kappa shape index (κ3) is 7.58. The van der Waals surface area contributed by atoms with Gasteiger partial charge in [0.05, 0.1) is 6.54 Å². The molecule has 3 N–H and O–H groups in total. The Bertz CT molecular complexity index is 291. The molecule has 8 nitrogen and oxygen atoms in total. The Labute approximate surface area is 105 Å². The number of nitrogens with one attached hydrogen (secondary N) is 3. The highest BCUT2D eigenvalue weighted by Gasteiger charge is 2.14. The van der Waals surface area contributed by atoms with Crippen molar-refractivity contribution in [3.63, 3.8) is 0 Å². The van der Waals surface area contributed by atoms with E-state index in [-0.39, 0.29) is 25.5 Å². The van der Waals surface area contributed by atoms with Gasteiger partial charge in [0.1, 0.15) is 0 Å². The van der Waals surface area contributed by atoms with Gasteiger partial charge >= 0.3 is 11.8 Å². The van der Waals surface area contributed by atoms with E-state index in [1.165, 1.54) is 21.1 Å². The number of amides is 3. The fourth-order valence-electron chi connectivity index (χ4n) is 1.01. The second-order valence-corrected chi connectivity index (χ2v) is 3.35. The van der Waals surface area contributed by atoms with E-state index in [1.54, 1.807) is 0 Å². The van der Waals surface area contributed by atoms with Crippen LogP contribution in [0, 0.1) is 0 Å². The zero-order valence-electron chi connectivity index (χ0n) is 10.7. The normalized spacial score (nSPS) is 10.0. The van der Waals surface area contributed by atoms with E-state index in [0.29, 0.717) is 0 Å². The lowest BCUT2D eigenvalue weighted by Gasteiger charge is -2.13. The van der Waals surface area contributed by atoms with Crippen LogP contribution in [-0.2, 0) is 23.9 Å². The molecule has 0 atom stereocenters. The summed E-state index contributed by atoms with van der Waals surface area (Å²) < 4.78 is 9.68. The monoisotopic (exact) mass is 261 g/mol. The van der Waals surface area contributed by atoms with Crippen LogP contribution in [0.5, 0.6) is 0 Å². The van der Waals surface area contributed by atoms with Gasteiger partial charge in [0, 0.05) is 34.2 Å². The van der Waals surface area contributed by atoms with Crippen LogP contribution in [-0.4, -0.2) is 57.9 Å². The number of ether oxygens (including phenoxy) is 2. The van der Waals surface area contributed by atoms with Crippen LogP contribution in [0.4, 0.5) is 0 Å². The maximum Gasteiger partial charge on any atom is 0.309 e. The third-order valence-electron chi connectivity index (χ3n) is 1.95. The first kappa shape index (κ1) is 16.3. The lowest BCUT2D eigenvalue weighted by Crippen LogP contribution is -2.45. The third-order valence-corrected chi connectivity index (χ3v) is 1.95. The highest BCUT2D eigenvalue weighted by Crippen LogP contribution is 1.87. The van der Waals surface area contributed by atoms with Crippen LogP contribution in [0.25, 0.3) is 0 Å². The van der Waals surface area contributed by atoms with E-state index in [9.17, 15) is 14.4 Å². The maximum absolute atomic E-state index is 11.3. The lowest BCUT2D eigenvalue weighted by atomic mass is 10.4. The SMILES string of the molecule is COC(CNC(=O)C(=O)NCCNC(C)=O)OC. The molecule has 0 fully saturated rings. The zero-order chi connectivity index (χ0) is 14.0. The van der Waals surface area contributed by atoms with Crippen LogP contribution in [0.1, 0.15) is 6.92 Å². The van der Waals surface area contributed by atoms with Gasteiger partial charge in [0.25, 0.3) is 0 Å². The van der Waals surface area contributed by atoms with Crippen LogP contribution in [0.15, 0.2) is 0 Å². The molecular weight excluding hydrogens is 242 g/mol. The highest BCUT2D eigenvalue weighted by molar-refractivity contribution is 6.35. The Balaban J connectivity index is 3.76. The number of carbonyl (C=O) groups excluding carboxylic acids is 3. The molecule has 0 saturated carbocycles. The Morgan fingerprint density at radius 2 is 1.44 bits per heavy atom. The van der Waals surface area contributed by atoms with Crippen LogP contribution in [0.2, 0.25) is 0 Å². The van der Waals surface area contributed by atoms with Gasteiger partial charge in [-0.25, -0.2) is 0 Å². The van der Waals surface area contributed by atoms with Crippen LogP contribution < -0.4 is 16.0 Å². The summed E-state index contributed by atoms with van der Waals surface area (Å²) >= 11 is 0. The van der Waals surface area contributed by atoms with Crippen molar-refractivity contribution >= 4 is 17.7 Å². The van der Waals surface area contributed by atoms with E-state index in [1.807, 2.05) is 0 Å². The Morgan fingerprint density at radius 3 is 1.94 bits per heavy atom. The van der Waals surface area contributed by atoms with E-state index in [2.05, 4.69) is 16.0 Å². The molecule has 0 radical (unpaired) electrons. The minimum atomic E-state index is -0.781. The van der Waals surface area contributed by atoms with Crippen LogP contribution in [0.3, 0.4) is 0 Å². The molecule has 8 heteroatoms. The molecule has 0 aliphatic heterocycles. The summed E-state index contributed by atoms with van der Waals surface area (Å²) in [5, 5.41) is 7.18. The molecule has 0 spiro atoms. The molecule has 0 rings (SSSR count). The molecule has 0 aliphatic rings. The first-order valence-corrected chi connectivity index (χ1v) is 5.37. The highest BCUT2D eigenvalue weighted by atomic mass is 16.7. The number of carbonyl (C=O) groups is 3. The molecule has 104 valence electrons. The van der Waals surface area contributed by atoms with Gasteiger partial charge in [-0.1, -0.05) is 0 Å². The molecule has 0 saturated heterocycles. The summed E-state index contributed by atoms with van der Waals surface area (Å²) in [4.78, 5) is 33.1. The summed E-state index contributed by atoms with van der Waals surface area (Å²) in [5.74, 6) is -1.75. The van der Waals surface area contributed by atoms with Gasteiger partial charge in [-0.15, -0.1) is 0 Å². The topological polar surface area (TPSA) is 106 Å². The van der Waals surface area contributed by atoms with E-state index in [4.69, 9.17) is 9.47 Å². The molecule has 0 bridgehead atoms. The van der Waals surface area contributed by atoms with Gasteiger partial charge in [0.15, 0.2) is 6.29 Å². The Hall–Kier alpha value is -1.67. The Morgan fingerprint density at radius 1 is 0.944 bits per heavy atom. The average molecular weight is 261 g/mol. The van der Waals surface area contributed by atoms with Gasteiger partial charge in [-0.05, 0) is 0 Å². The molecule has 0 unspecified atom stereocenters. The minimum absolute atomic E-state index is 0.0744. The fraction of sp³-hybridized carbons (Fsp3) is 0.700. The maximum atomic E-state index is 11.3.